The van der Waals surface area contributed by atoms with Crippen LogP contribution in [0.3, 0.4) is 0 Å². The SMILES string of the molecule is CCOc1ccccc1C(=O)N1CCCC12CN(c1cccc(F)c1)C(C)(C)C2. The van der Waals surface area contributed by atoms with Gasteiger partial charge in [0.25, 0.3) is 5.91 Å². The third-order valence-electron chi connectivity index (χ3n) is 6.32. The highest BCUT2D eigenvalue weighted by Gasteiger charge is 2.55. The molecule has 1 amide bonds. The Morgan fingerprint density at radius 2 is 1.97 bits per heavy atom. The number of nitrogens with zero attached hydrogens (tertiary/aromatic N) is 2. The van der Waals surface area contributed by atoms with Crippen LogP contribution in [0.4, 0.5) is 10.1 Å². The normalized spacial score (nSPS) is 23.0. The van der Waals surface area contributed by atoms with Crippen molar-refractivity contribution in [3.63, 3.8) is 0 Å². The van der Waals surface area contributed by atoms with Gasteiger partial charge in [-0.25, -0.2) is 4.39 Å². The smallest absolute Gasteiger partial charge is 0.258 e. The van der Waals surface area contributed by atoms with E-state index >= 15 is 0 Å². The van der Waals surface area contributed by atoms with Crippen molar-refractivity contribution in [3.8, 4) is 5.75 Å². The number of halogens is 1. The second-order valence-electron chi connectivity index (χ2n) is 8.77. The van der Waals surface area contributed by atoms with Crippen LogP contribution < -0.4 is 9.64 Å². The van der Waals surface area contributed by atoms with E-state index in [1.807, 2.05) is 42.2 Å². The van der Waals surface area contributed by atoms with Gasteiger partial charge in [-0.2, -0.15) is 0 Å². The van der Waals surface area contributed by atoms with Crippen molar-refractivity contribution in [2.24, 2.45) is 0 Å². The summed E-state index contributed by atoms with van der Waals surface area (Å²) in [6.07, 6.45) is 2.81. The number of hydrogen-bond donors (Lipinski definition) is 0. The van der Waals surface area contributed by atoms with Crippen LogP contribution >= 0.6 is 0 Å². The lowest BCUT2D eigenvalue weighted by Crippen LogP contribution is -2.49. The van der Waals surface area contributed by atoms with Crippen molar-refractivity contribution in [2.45, 2.75) is 51.1 Å². The average Bonchev–Trinajstić information content (AvgIpc) is 3.21. The highest BCUT2D eigenvalue weighted by Crippen LogP contribution is 2.47. The van der Waals surface area contributed by atoms with Gasteiger partial charge in [0.05, 0.1) is 17.7 Å². The van der Waals surface area contributed by atoms with Crippen LogP contribution in [-0.2, 0) is 0 Å². The van der Waals surface area contributed by atoms with Gasteiger partial charge in [0, 0.05) is 24.3 Å². The molecule has 0 aliphatic carbocycles. The number of anilines is 1. The topological polar surface area (TPSA) is 32.8 Å². The Labute approximate surface area is 172 Å². The van der Waals surface area contributed by atoms with Crippen molar-refractivity contribution in [1.82, 2.24) is 4.90 Å². The lowest BCUT2D eigenvalue weighted by atomic mass is 9.87. The Kier molecular flexibility index (Phi) is 5.01. The van der Waals surface area contributed by atoms with Gasteiger partial charge >= 0.3 is 0 Å². The van der Waals surface area contributed by atoms with E-state index in [2.05, 4.69) is 18.7 Å². The summed E-state index contributed by atoms with van der Waals surface area (Å²) < 4.78 is 19.6. The van der Waals surface area contributed by atoms with Gasteiger partial charge in [0.1, 0.15) is 11.6 Å². The van der Waals surface area contributed by atoms with E-state index in [9.17, 15) is 9.18 Å². The van der Waals surface area contributed by atoms with Crippen molar-refractivity contribution in [1.29, 1.82) is 0 Å². The number of para-hydroxylation sites is 1. The van der Waals surface area contributed by atoms with Crippen LogP contribution in [-0.4, -0.2) is 41.6 Å². The minimum absolute atomic E-state index is 0.0310. The Balaban J connectivity index is 1.67. The Bertz CT molecular complexity index is 913. The molecule has 0 saturated carbocycles. The quantitative estimate of drug-likeness (QED) is 0.738. The van der Waals surface area contributed by atoms with E-state index in [-0.39, 0.29) is 22.8 Å². The molecule has 0 bridgehead atoms. The molecule has 2 heterocycles. The molecule has 2 fully saturated rings. The van der Waals surface area contributed by atoms with Crippen molar-refractivity contribution in [2.75, 3.05) is 24.6 Å². The van der Waals surface area contributed by atoms with Crippen LogP contribution in [0.2, 0.25) is 0 Å². The number of amides is 1. The zero-order chi connectivity index (χ0) is 20.6. The predicted molar refractivity (Wildman–Crippen MR) is 113 cm³/mol. The Morgan fingerprint density at radius 3 is 2.72 bits per heavy atom. The molecule has 2 saturated heterocycles. The molecule has 2 aliphatic rings. The summed E-state index contributed by atoms with van der Waals surface area (Å²) >= 11 is 0. The molecule has 2 aromatic carbocycles. The van der Waals surface area contributed by atoms with E-state index in [1.54, 1.807) is 12.1 Å². The lowest BCUT2D eigenvalue weighted by molar-refractivity contribution is 0.0613. The fraction of sp³-hybridized carbons (Fsp3) is 0.458. The lowest BCUT2D eigenvalue weighted by Gasteiger charge is -2.35. The molecule has 5 heteroatoms. The van der Waals surface area contributed by atoms with E-state index in [4.69, 9.17) is 4.74 Å². The number of hydrogen-bond acceptors (Lipinski definition) is 3. The van der Waals surface area contributed by atoms with E-state index in [0.29, 0.717) is 24.5 Å². The highest BCUT2D eigenvalue weighted by atomic mass is 19.1. The second-order valence-corrected chi connectivity index (χ2v) is 8.77. The van der Waals surface area contributed by atoms with Gasteiger partial charge < -0.3 is 14.5 Å². The minimum atomic E-state index is -0.244. The first-order valence-electron chi connectivity index (χ1n) is 10.4. The molecular weight excluding hydrogens is 367 g/mol. The van der Waals surface area contributed by atoms with Gasteiger partial charge in [0.2, 0.25) is 0 Å². The largest absolute Gasteiger partial charge is 0.493 e. The van der Waals surface area contributed by atoms with Gasteiger partial charge in [-0.3, -0.25) is 4.79 Å². The number of ether oxygens (including phenoxy) is 1. The molecular formula is C24H29FN2O2. The first kappa shape index (κ1) is 19.7. The maximum Gasteiger partial charge on any atom is 0.258 e. The number of likely N-dealkylation sites (tertiary alicyclic amines) is 1. The molecule has 1 unspecified atom stereocenters. The van der Waals surface area contributed by atoms with Crippen LogP contribution in [0.15, 0.2) is 48.5 Å². The van der Waals surface area contributed by atoms with Crippen molar-refractivity contribution in [3.05, 3.63) is 59.9 Å². The van der Waals surface area contributed by atoms with Crippen molar-refractivity contribution < 1.29 is 13.9 Å². The summed E-state index contributed by atoms with van der Waals surface area (Å²) in [7, 11) is 0. The summed E-state index contributed by atoms with van der Waals surface area (Å²) in [4.78, 5) is 17.9. The molecule has 0 aromatic heterocycles. The zero-order valence-electron chi connectivity index (χ0n) is 17.5. The summed E-state index contributed by atoms with van der Waals surface area (Å²) in [5.74, 6) is 0.439. The fourth-order valence-electron chi connectivity index (χ4n) is 5.22. The standard InChI is InChI=1S/C24H29FN2O2/c1-4-29-21-12-6-5-11-20(21)22(28)26-14-8-13-24(26)16-23(2,3)27(17-24)19-10-7-9-18(25)15-19/h5-7,9-12,15H,4,8,13-14,16-17H2,1-3H3. The molecule has 1 spiro atoms. The van der Waals surface area contributed by atoms with Crippen LogP contribution in [0.1, 0.15) is 50.4 Å². The predicted octanol–water partition coefficient (Wildman–Crippen LogP) is 4.89. The van der Waals surface area contributed by atoms with E-state index in [1.165, 1.54) is 6.07 Å². The zero-order valence-corrected chi connectivity index (χ0v) is 17.5. The summed E-state index contributed by atoms with van der Waals surface area (Å²) in [6.45, 7) is 8.27. The van der Waals surface area contributed by atoms with Crippen LogP contribution in [0.5, 0.6) is 5.75 Å². The molecule has 0 radical (unpaired) electrons. The summed E-state index contributed by atoms with van der Waals surface area (Å²) in [5, 5.41) is 0. The monoisotopic (exact) mass is 396 g/mol. The number of benzene rings is 2. The molecule has 29 heavy (non-hydrogen) atoms. The molecule has 1 atom stereocenters. The molecule has 0 N–H and O–H groups in total. The van der Waals surface area contributed by atoms with Gasteiger partial charge in [-0.15, -0.1) is 0 Å². The molecule has 2 aliphatic heterocycles. The number of carbonyl (C=O) groups excluding carboxylic acids is 1. The first-order chi connectivity index (χ1) is 13.9. The summed E-state index contributed by atoms with van der Waals surface area (Å²) in [5.41, 5.74) is 1.08. The fourth-order valence-corrected chi connectivity index (χ4v) is 5.22. The van der Waals surface area contributed by atoms with E-state index in [0.717, 1.165) is 31.5 Å². The van der Waals surface area contributed by atoms with Gasteiger partial charge in [-0.05, 0) is 70.4 Å². The van der Waals surface area contributed by atoms with Gasteiger partial charge in [0.15, 0.2) is 0 Å². The van der Waals surface area contributed by atoms with Crippen LogP contribution in [0.25, 0.3) is 0 Å². The maximum atomic E-state index is 13.9. The van der Waals surface area contributed by atoms with Crippen LogP contribution in [0, 0.1) is 5.82 Å². The number of carbonyl (C=O) groups is 1. The third kappa shape index (κ3) is 3.47. The number of rotatable bonds is 4. The molecule has 4 rings (SSSR count). The van der Waals surface area contributed by atoms with E-state index < -0.39 is 0 Å². The molecule has 154 valence electrons. The van der Waals surface area contributed by atoms with Crippen molar-refractivity contribution >= 4 is 11.6 Å². The maximum absolute atomic E-state index is 13.9. The average molecular weight is 397 g/mol. The highest BCUT2D eigenvalue weighted by molar-refractivity contribution is 5.97. The summed E-state index contributed by atoms with van der Waals surface area (Å²) in [6, 6.07) is 14.3. The minimum Gasteiger partial charge on any atom is -0.493 e. The first-order valence-corrected chi connectivity index (χ1v) is 10.4. The third-order valence-corrected chi connectivity index (χ3v) is 6.32. The van der Waals surface area contributed by atoms with Gasteiger partial charge in [-0.1, -0.05) is 18.2 Å². The second kappa shape index (κ2) is 7.36. The molecule has 4 nitrogen and oxygen atoms in total. The Morgan fingerprint density at radius 1 is 1.17 bits per heavy atom. The Hall–Kier alpha value is -2.56. The molecule has 2 aromatic rings.